The van der Waals surface area contributed by atoms with E-state index < -0.39 is 17.7 Å². The van der Waals surface area contributed by atoms with Crippen molar-refractivity contribution >= 4 is 22.9 Å². The van der Waals surface area contributed by atoms with Crippen LogP contribution in [0.1, 0.15) is 71.9 Å². The monoisotopic (exact) mass is 455 g/mol. The predicted molar refractivity (Wildman–Crippen MR) is 119 cm³/mol. The van der Waals surface area contributed by atoms with Crippen LogP contribution < -0.4 is 4.74 Å². The highest BCUT2D eigenvalue weighted by atomic mass is 19.4. The summed E-state index contributed by atoms with van der Waals surface area (Å²) >= 11 is 0. The zero-order valence-electron chi connectivity index (χ0n) is 17.9. The summed E-state index contributed by atoms with van der Waals surface area (Å²) < 4.78 is 47.1. The smallest absolute Gasteiger partial charge is 0.416 e. The lowest BCUT2D eigenvalue weighted by molar-refractivity contribution is -0.139. The fourth-order valence-corrected chi connectivity index (χ4v) is 5.14. The molecular weight excluding hydrogens is 431 g/mol. The lowest BCUT2D eigenvalue weighted by Gasteiger charge is -2.19. The highest BCUT2D eigenvalue weighted by Gasteiger charge is 2.36. The van der Waals surface area contributed by atoms with E-state index in [0.29, 0.717) is 16.9 Å². The van der Waals surface area contributed by atoms with Gasteiger partial charge in [-0.25, -0.2) is 0 Å². The van der Waals surface area contributed by atoms with Crippen LogP contribution in [0.5, 0.6) is 5.75 Å². The lowest BCUT2D eigenvalue weighted by atomic mass is 9.91. The van der Waals surface area contributed by atoms with E-state index in [4.69, 9.17) is 9.84 Å². The molecule has 1 saturated carbocycles. The topological polar surface area (TPSA) is 62.3 Å². The number of allylic oxidation sites excluding steroid dienone is 1. The molecule has 2 N–H and O–H groups in total. The summed E-state index contributed by atoms with van der Waals surface area (Å²) in [6, 6.07) is 10.0. The van der Waals surface area contributed by atoms with E-state index in [1.54, 1.807) is 18.2 Å². The molecule has 0 amide bonds. The summed E-state index contributed by atoms with van der Waals surface area (Å²) in [5.41, 5.74) is 2.99. The van der Waals surface area contributed by atoms with Crippen LogP contribution in [0, 0.1) is 0 Å². The molecule has 0 bridgehead atoms. The zero-order valence-corrected chi connectivity index (χ0v) is 17.9. The van der Waals surface area contributed by atoms with Crippen molar-refractivity contribution in [2.75, 3.05) is 0 Å². The highest BCUT2D eigenvalue weighted by Crippen LogP contribution is 2.42. The molecule has 0 spiro atoms. The number of hydrogen-bond donors (Lipinski definition) is 2. The minimum absolute atomic E-state index is 0.0120. The molecule has 1 fully saturated rings. The summed E-state index contributed by atoms with van der Waals surface area (Å²) in [6.07, 6.45) is 2.96. The third-order valence-electron chi connectivity index (χ3n) is 6.72. The molecule has 2 aliphatic carbocycles. The number of halogens is 3. The van der Waals surface area contributed by atoms with Gasteiger partial charge in [0.15, 0.2) is 0 Å². The van der Waals surface area contributed by atoms with Crippen molar-refractivity contribution in [2.24, 2.45) is 0 Å². The normalized spacial score (nSPS) is 18.2. The van der Waals surface area contributed by atoms with Crippen LogP contribution in [0.3, 0.4) is 0 Å². The number of rotatable bonds is 6. The van der Waals surface area contributed by atoms with Crippen molar-refractivity contribution in [3.63, 3.8) is 0 Å². The fraction of sp³-hybridized carbons (Fsp3) is 0.346. The summed E-state index contributed by atoms with van der Waals surface area (Å²) in [4.78, 5) is 14.4. The average Bonchev–Trinajstić information content (AvgIpc) is 3.49. The van der Waals surface area contributed by atoms with Crippen LogP contribution in [0.15, 0.2) is 42.5 Å². The number of ether oxygens (including phenoxy) is 1. The first-order valence-electron chi connectivity index (χ1n) is 11.2. The van der Waals surface area contributed by atoms with Gasteiger partial charge in [-0.2, -0.15) is 13.2 Å². The summed E-state index contributed by atoms with van der Waals surface area (Å²) in [5.74, 6) is -0.536. The average molecular weight is 455 g/mol. The van der Waals surface area contributed by atoms with Crippen molar-refractivity contribution in [3.8, 4) is 5.75 Å². The Labute approximate surface area is 189 Å². The maximum atomic E-state index is 13.7. The van der Waals surface area contributed by atoms with E-state index in [1.165, 1.54) is 6.07 Å². The number of H-pyrrole nitrogens is 1. The molecule has 33 heavy (non-hydrogen) atoms. The first-order chi connectivity index (χ1) is 15.8. The van der Waals surface area contributed by atoms with Gasteiger partial charge in [0, 0.05) is 28.1 Å². The van der Waals surface area contributed by atoms with Crippen molar-refractivity contribution in [3.05, 3.63) is 70.4 Å². The number of hydrogen-bond acceptors (Lipinski definition) is 2. The number of alkyl halides is 3. The zero-order chi connectivity index (χ0) is 23.2. The Balaban J connectivity index is 1.37. The van der Waals surface area contributed by atoms with E-state index in [2.05, 4.69) is 4.98 Å². The number of aliphatic carboxylic acids is 1. The second-order valence-corrected chi connectivity index (χ2v) is 8.91. The van der Waals surface area contributed by atoms with Crippen LogP contribution in [0.25, 0.3) is 17.0 Å². The molecule has 0 saturated heterocycles. The molecule has 2 aromatic carbocycles. The molecule has 1 aromatic heterocycles. The van der Waals surface area contributed by atoms with Crippen LogP contribution in [0.4, 0.5) is 13.2 Å². The first-order valence-corrected chi connectivity index (χ1v) is 11.2. The molecule has 0 aliphatic heterocycles. The molecule has 172 valence electrons. The van der Waals surface area contributed by atoms with Crippen LogP contribution in [0.2, 0.25) is 0 Å². The van der Waals surface area contributed by atoms with Gasteiger partial charge in [0.1, 0.15) is 12.4 Å². The number of carboxylic acid groups (broad SMARTS) is 1. The number of fused-ring (bicyclic) bond motifs is 3. The fourth-order valence-electron chi connectivity index (χ4n) is 5.14. The van der Waals surface area contributed by atoms with E-state index in [9.17, 15) is 18.0 Å². The SMILES string of the molecule is O=C(O)CC1C=Cc2c1[nH]c1ccc(OCc3ccc(C4CCCC4)c(C(F)(F)F)c3)cc21. The lowest BCUT2D eigenvalue weighted by Crippen LogP contribution is -2.12. The number of carboxylic acids is 1. The minimum atomic E-state index is -4.39. The van der Waals surface area contributed by atoms with Crippen molar-refractivity contribution in [2.45, 2.75) is 56.7 Å². The largest absolute Gasteiger partial charge is 0.489 e. The summed E-state index contributed by atoms with van der Waals surface area (Å²) in [7, 11) is 0. The molecule has 1 heterocycles. The van der Waals surface area contributed by atoms with Gasteiger partial charge in [-0.05, 0) is 54.2 Å². The molecule has 1 unspecified atom stereocenters. The van der Waals surface area contributed by atoms with Gasteiger partial charge >= 0.3 is 12.1 Å². The maximum absolute atomic E-state index is 13.7. The van der Waals surface area contributed by atoms with Crippen molar-refractivity contribution in [1.82, 2.24) is 4.98 Å². The van der Waals surface area contributed by atoms with Gasteiger partial charge in [-0.1, -0.05) is 37.1 Å². The van der Waals surface area contributed by atoms with Gasteiger partial charge < -0.3 is 14.8 Å². The number of aromatic nitrogens is 1. The Bertz CT molecular complexity index is 1240. The number of aromatic amines is 1. The molecular formula is C26H24F3NO3. The summed E-state index contributed by atoms with van der Waals surface area (Å²) in [6.45, 7) is 0.0314. The minimum Gasteiger partial charge on any atom is -0.489 e. The first kappa shape index (κ1) is 21.6. The number of nitrogens with one attached hydrogen (secondary N) is 1. The highest BCUT2D eigenvalue weighted by molar-refractivity contribution is 5.94. The Morgan fingerprint density at radius 3 is 2.64 bits per heavy atom. The number of benzene rings is 2. The van der Waals surface area contributed by atoms with Gasteiger partial charge in [-0.3, -0.25) is 4.79 Å². The Kier molecular flexibility index (Phi) is 5.43. The molecule has 0 radical (unpaired) electrons. The predicted octanol–water partition coefficient (Wildman–Crippen LogP) is 7.01. The molecule has 5 rings (SSSR count). The second-order valence-electron chi connectivity index (χ2n) is 8.91. The Morgan fingerprint density at radius 2 is 1.91 bits per heavy atom. The van der Waals surface area contributed by atoms with Crippen LogP contribution >= 0.6 is 0 Å². The number of carbonyl (C=O) groups is 1. The second kappa shape index (κ2) is 8.28. The molecule has 3 aromatic rings. The van der Waals surface area contributed by atoms with E-state index in [1.807, 2.05) is 24.3 Å². The van der Waals surface area contributed by atoms with Gasteiger partial charge in [0.25, 0.3) is 0 Å². The molecule has 4 nitrogen and oxygen atoms in total. The quantitative estimate of drug-likeness (QED) is 0.420. The van der Waals surface area contributed by atoms with Crippen LogP contribution in [-0.2, 0) is 17.6 Å². The van der Waals surface area contributed by atoms with Crippen molar-refractivity contribution in [1.29, 1.82) is 0 Å². The van der Waals surface area contributed by atoms with E-state index in [-0.39, 0.29) is 24.9 Å². The molecule has 2 aliphatic rings. The van der Waals surface area contributed by atoms with Crippen LogP contribution in [-0.4, -0.2) is 16.1 Å². The molecule has 7 heteroatoms. The Hall–Kier alpha value is -3.22. The van der Waals surface area contributed by atoms with Gasteiger partial charge in [0.05, 0.1) is 12.0 Å². The Morgan fingerprint density at radius 1 is 1.12 bits per heavy atom. The van der Waals surface area contributed by atoms with E-state index in [0.717, 1.165) is 47.8 Å². The molecule has 1 atom stereocenters. The maximum Gasteiger partial charge on any atom is 0.416 e. The van der Waals surface area contributed by atoms with Gasteiger partial charge in [0.2, 0.25) is 0 Å². The summed E-state index contributed by atoms with van der Waals surface area (Å²) in [5, 5.41) is 10.0. The third-order valence-corrected chi connectivity index (χ3v) is 6.72. The van der Waals surface area contributed by atoms with Gasteiger partial charge in [-0.15, -0.1) is 0 Å². The third kappa shape index (κ3) is 4.24. The van der Waals surface area contributed by atoms with Crippen molar-refractivity contribution < 1.29 is 27.8 Å². The van der Waals surface area contributed by atoms with E-state index >= 15 is 0 Å². The standard InChI is InChI=1S/C26H24F3NO3/c27-26(28,29)22-11-15(5-8-19(22)16-3-1-2-4-16)14-33-18-7-10-23-21(13-18)20-9-6-17(12-24(31)32)25(20)30-23/h5-11,13,16-17,30H,1-4,12,14H2,(H,31,32).